The number of non-ortho nitro benzene ring substituents is 1. The van der Waals surface area contributed by atoms with Gasteiger partial charge in [-0.3, -0.25) is 10.1 Å². The van der Waals surface area contributed by atoms with E-state index in [-0.39, 0.29) is 16.9 Å². The lowest BCUT2D eigenvalue weighted by molar-refractivity contribution is -0.384. The Morgan fingerprint density at radius 2 is 2.00 bits per heavy atom. The summed E-state index contributed by atoms with van der Waals surface area (Å²) in [4.78, 5) is 21.1. The van der Waals surface area contributed by atoms with Crippen molar-refractivity contribution in [2.45, 2.75) is 18.9 Å². The zero-order chi connectivity index (χ0) is 15.3. The molecule has 0 spiro atoms. The fraction of sp³-hybridized carbons (Fsp3) is 0.417. The Labute approximate surface area is 114 Å². The van der Waals surface area contributed by atoms with Gasteiger partial charge in [0.25, 0.3) is 5.69 Å². The zero-order valence-corrected chi connectivity index (χ0v) is 10.9. The smallest absolute Gasteiger partial charge is 0.338 e. The average Bonchev–Trinajstić information content (AvgIpc) is 2.44. The van der Waals surface area contributed by atoms with E-state index < -0.39 is 29.6 Å². The van der Waals surface area contributed by atoms with Crippen molar-refractivity contribution in [3.63, 3.8) is 0 Å². The summed E-state index contributed by atoms with van der Waals surface area (Å²) >= 11 is 0. The van der Waals surface area contributed by atoms with E-state index in [4.69, 9.17) is 5.11 Å². The predicted octanol–water partition coefficient (Wildman–Crippen LogP) is 0.838. The number of benzene rings is 1. The van der Waals surface area contributed by atoms with Gasteiger partial charge in [-0.1, -0.05) is 6.92 Å². The van der Waals surface area contributed by atoms with Crippen LogP contribution in [0, 0.1) is 10.1 Å². The molecule has 0 amide bonds. The molecule has 0 unspecified atom stereocenters. The highest BCUT2D eigenvalue weighted by Gasteiger charge is 2.28. The average molecular weight is 284 g/mol. The maximum atomic E-state index is 11.2. The second-order valence-electron chi connectivity index (χ2n) is 4.37. The number of aliphatic hydroxyl groups is 2. The van der Waals surface area contributed by atoms with E-state index in [1.165, 1.54) is 6.07 Å². The molecule has 20 heavy (non-hydrogen) atoms. The molecule has 8 nitrogen and oxygen atoms in total. The Bertz CT molecular complexity index is 504. The van der Waals surface area contributed by atoms with Crippen LogP contribution in [0.4, 0.5) is 11.4 Å². The molecule has 0 saturated heterocycles. The second kappa shape index (κ2) is 6.31. The van der Waals surface area contributed by atoms with Crippen LogP contribution in [-0.2, 0) is 0 Å². The Balaban J connectivity index is 3.24. The van der Waals surface area contributed by atoms with Crippen LogP contribution in [-0.4, -0.2) is 45.0 Å². The van der Waals surface area contributed by atoms with Gasteiger partial charge < -0.3 is 20.6 Å². The third-order valence-corrected chi connectivity index (χ3v) is 3.13. The maximum Gasteiger partial charge on any atom is 0.338 e. The molecule has 8 heteroatoms. The van der Waals surface area contributed by atoms with Crippen LogP contribution in [0.15, 0.2) is 18.2 Å². The van der Waals surface area contributed by atoms with Crippen LogP contribution in [0.5, 0.6) is 0 Å². The minimum atomic E-state index is -1.34. The van der Waals surface area contributed by atoms with Crippen molar-refractivity contribution in [2.24, 2.45) is 0 Å². The minimum Gasteiger partial charge on any atom is -0.478 e. The number of hydrogen-bond acceptors (Lipinski definition) is 6. The molecular formula is C12H16N2O6. The number of aliphatic hydroxyl groups excluding tert-OH is 2. The molecule has 4 N–H and O–H groups in total. The van der Waals surface area contributed by atoms with E-state index in [1.54, 1.807) is 6.92 Å². The number of nitrogens with zero attached hydrogens (tertiary/aromatic N) is 1. The van der Waals surface area contributed by atoms with Gasteiger partial charge in [0.05, 0.1) is 29.2 Å². The van der Waals surface area contributed by atoms with Gasteiger partial charge in [0, 0.05) is 17.8 Å². The highest BCUT2D eigenvalue weighted by atomic mass is 16.6. The molecule has 0 aliphatic carbocycles. The highest BCUT2D eigenvalue weighted by Crippen LogP contribution is 2.26. The molecule has 0 atom stereocenters. The summed E-state index contributed by atoms with van der Waals surface area (Å²) in [5, 5.41) is 41.2. The number of carboxylic acid groups (broad SMARTS) is 1. The van der Waals surface area contributed by atoms with Gasteiger partial charge in [0.15, 0.2) is 0 Å². The van der Waals surface area contributed by atoms with Crippen LogP contribution in [0.3, 0.4) is 0 Å². The fourth-order valence-electron chi connectivity index (χ4n) is 1.66. The number of hydrogen-bond donors (Lipinski definition) is 4. The molecular weight excluding hydrogens is 268 g/mol. The second-order valence-corrected chi connectivity index (χ2v) is 4.37. The molecule has 0 aliphatic heterocycles. The van der Waals surface area contributed by atoms with Gasteiger partial charge in [-0.05, 0) is 12.5 Å². The van der Waals surface area contributed by atoms with E-state index in [0.29, 0.717) is 6.42 Å². The molecule has 0 radical (unpaired) electrons. The lowest BCUT2D eigenvalue weighted by atomic mass is 9.97. The van der Waals surface area contributed by atoms with Crippen LogP contribution in [0.1, 0.15) is 23.7 Å². The molecule has 1 aromatic rings. The van der Waals surface area contributed by atoms with E-state index in [2.05, 4.69) is 5.32 Å². The van der Waals surface area contributed by atoms with Crippen molar-refractivity contribution in [1.29, 1.82) is 0 Å². The molecule has 0 fully saturated rings. The summed E-state index contributed by atoms with van der Waals surface area (Å²) in [5.41, 5.74) is -1.62. The van der Waals surface area contributed by atoms with Crippen LogP contribution < -0.4 is 5.32 Å². The number of nitro groups is 1. The quantitative estimate of drug-likeness (QED) is 0.430. The molecule has 0 saturated carbocycles. The lowest BCUT2D eigenvalue weighted by Gasteiger charge is -2.31. The monoisotopic (exact) mass is 284 g/mol. The summed E-state index contributed by atoms with van der Waals surface area (Å²) in [7, 11) is 0. The number of carboxylic acids is 1. The first-order valence-corrected chi connectivity index (χ1v) is 5.90. The first kappa shape index (κ1) is 15.9. The summed E-state index contributed by atoms with van der Waals surface area (Å²) in [6.45, 7) is 0.900. The van der Waals surface area contributed by atoms with Gasteiger partial charge in [0.2, 0.25) is 0 Å². The first-order valence-electron chi connectivity index (χ1n) is 5.90. The molecule has 1 aromatic carbocycles. The SMILES string of the molecule is CCC(CO)(CO)Nc1ccc([N+](=O)[O-])cc1C(=O)O. The van der Waals surface area contributed by atoms with E-state index in [0.717, 1.165) is 12.1 Å². The maximum absolute atomic E-state index is 11.2. The predicted molar refractivity (Wildman–Crippen MR) is 70.9 cm³/mol. The first-order chi connectivity index (χ1) is 9.39. The van der Waals surface area contributed by atoms with Crippen LogP contribution >= 0.6 is 0 Å². The number of anilines is 1. The van der Waals surface area contributed by atoms with Crippen molar-refractivity contribution in [1.82, 2.24) is 0 Å². The number of rotatable bonds is 7. The van der Waals surface area contributed by atoms with Crippen molar-refractivity contribution < 1.29 is 25.0 Å². The number of aromatic carboxylic acids is 1. The molecule has 1 rings (SSSR count). The van der Waals surface area contributed by atoms with Gasteiger partial charge in [0.1, 0.15) is 0 Å². The lowest BCUT2D eigenvalue weighted by Crippen LogP contribution is -2.45. The third-order valence-electron chi connectivity index (χ3n) is 3.13. The highest BCUT2D eigenvalue weighted by molar-refractivity contribution is 5.95. The van der Waals surface area contributed by atoms with E-state index in [9.17, 15) is 25.1 Å². The van der Waals surface area contributed by atoms with Crippen LogP contribution in [0.25, 0.3) is 0 Å². The summed E-state index contributed by atoms with van der Waals surface area (Å²) in [6, 6.07) is 3.33. The Hall–Kier alpha value is -2.19. The third kappa shape index (κ3) is 3.22. The summed E-state index contributed by atoms with van der Waals surface area (Å²) < 4.78 is 0. The number of carbonyl (C=O) groups is 1. The Morgan fingerprint density at radius 1 is 1.40 bits per heavy atom. The number of nitro benzene ring substituents is 1. The molecule has 0 heterocycles. The van der Waals surface area contributed by atoms with Crippen molar-refractivity contribution >= 4 is 17.3 Å². The van der Waals surface area contributed by atoms with Crippen molar-refractivity contribution in [3.8, 4) is 0 Å². The Kier molecular flexibility index (Phi) is 5.00. The minimum absolute atomic E-state index is 0.105. The fourth-order valence-corrected chi connectivity index (χ4v) is 1.66. The van der Waals surface area contributed by atoms with Gasteiger partial charge in [-0.25, -0.2) is 4.79 Å². The molecule has 110 valence electrons. The summed E-state index contributed by atoms with van der Waals surface area (Å²) in [6.07, 6.45) is 0.343. The van der Waals surface area contributed by atoms with Gasteiger partial charge >= 0.3 is 5.97 Å². The van der Waals surface area contributed by atoms with E-state index in [1.807, 2.05) is 0 Å². The Morgan fingerprint density at radius 3 is 2.40 bits per heavy atom. The van der Waals surface area contributed by atoms with Crippen LogP contribution in [0.2, 0.25) is 0 Å². The van der Waals surface area contributed by atoms with Gasteiger partial charge in [-0.2, -0.15) is 0 Å². The molecule has 0 aliphatic rings. The van der Waals surface area contributed by atoms with E-state index >= 15 is 0 Å². The largest absolute Gasteiger partial charge is 0.478 e. The molecule has 0 aromatic heterocycles. The van der Waals surface area contributed by atoms with Gasteiger partial charge in [-0.15, -0.1) is 0 Å². The van der Waals surface area contributed by atoms with Crippen molar-refractivity contribution in [3.05, 3.63) is 33.9 Å². The summed E-state index contributed by atoms with van der Waals surface area (Å²) in [5.74, 6) is -1.34. The zero-order valence-electron chi connectivity index (χ0n) is 10.9. The van der Waals surface area contributed by atoms with Crippen molar-refractivity contribution in [2.75, 3.05) is 18.5 Å². The standard InChI is InChI=1S/C12H16N2O6/c1-2-12(6-15,7-16)13-10-4-3-8(14(19)20)5-9(10)11(17)18/h3-5,13,15-16H,2,6-7H2,1H3,(H,17,18). The molecule has 0 bridgehead atoms. The number of nitrogens with one attached hydrogen (secondary N) is 1. The normalized spacial score (nSPS) is 11.2. The topological polar surface area (TPSA) is 133 Å².